The van der Waals surface area contributed by atoms with Crippen molar-refractivity contribution in [1.29, 1.82) is 0 Å². The van der Waals surface area contributed by atoms with Crippen LogP contribution in [0, 0.1) is 5.92 Å². The lowest BCUT2D eigenvalue weighted by atomic mass is 9.83. The molecule has 11 nitrogen and oxygen atoms in total. The van der Waals surface area contributed by atoms with Gasteiger partial charge >= 0.3 is 5.97 Å². The first-order valence-corrected chi connectivity index (χ1v) is 13.0. The van der Waals surface area contributed by atoms with Crippen LogP contribution >= 0.6 is 0 Å². The molecule has 2 N–H and O–H groups in total. The number of aromatic hydroxyl groups is 2. The minimum Gasteiger partial charge on any atom is -0.502 e. The lowest BCUT2D eigenvalue weighted by Gasteiger charge is -2.42. The fraction of sp³-hybridized carbons (Fsp3) is 0.414. The van der Waals surface area contributed by atoms with E-state index < -0.39 is 23.1 Å². The summed E-state index contributed by atoms with van der Waals surface area (Å²) in [6.07, 6.45) is 0.726. The topological polar surface area (TPSA) is 141 Å². The summed E-state index contributed by atoms with van der Waals surface area (Å²) < 4.78 is 23.4. The Hall–Kier alpha value is -4.25. The highest BCUT2D eigenvalue weighted by atomic mass is 16.5. The summed E-state index contributed by atoms with van der Waals surface area (Å²) in [5, 5.41) is 21.2. The maximum Gasteiger partial charge on any atom is 0.306 e. The number of phenols is 1. The molecule has 40 heavy (non-hydrogen) atoms. The summed E-state index contributed by atoms with van der Waals surface area (Å²) >= 11 is 0. The monoisotopic (exact) mass is 552 g/mol. The fourth-order valence-corrected chi connectivity index (χ4v) is 5.94. The number of esters is 1. The number of carbonyl (C=O) groups excluding carboxylic acids is 1. The Morgan fingerprint density at radius 1 is 1.02 bits per heavy atom. The van der Waals surface area contributed by atoms with E-state index in [0.29, 0.717) is 31.0 Å². The van der Waals surface area contributed by atoms with Gasteiger partial charge in [0.2, 0.25) is 16.9 Å². The third kappa shape index (κ3) is 5.16. The first-order valence-electron chi connectivity index (χ1n) is 13.0. The smallest absolute Gasteiger partial charge is 0.306 e. The summed E-state index contributed by atoms with van der Waals surface area (Å²) in [6, 6.07) is 9.59. The summed E-state index contributed by atoms with van der Waals surface area (Å²) in [7, 11) is 3.98. The largest absolute Gasteiger partial charge is 0.502 e. The number of rotatable bonds is 8. The number of nitrogens with zero attached hydrogens (tertiary/aromatic N) is 2. The number of methoxy groups -OCH3 is 3. The quantitative estimate of drug-likeness (QED) is 0.401. The number of carbonyl (C=O) groups is 1. The second-order valence-corrected chi connectivity index (χ2v) is 10.3. The van der Waals surface area contributed by atoms with Gasteiger partial charge in [0.05, 0.1) is 40.2 Å². The number of likely N-dealkylation sites (tertiary alicyclic amines) is 1. The maximum atomic E-state index is 12.9. The standard InChI is InChI=1S/C29H32N2O9/c1-37-23-8-17(9-24(38-2)28(23)36)20(11-26(34)39-3)29-27(35)22(32)10-19(40-29)15-30-12-16-7-18(14-30)21-5-4-6-25(33)31(21)13-16/h4-6,8-10,16,18,20,35-36H,7,11-15H2,1-3H3/t16-,18+,20-/m0/s1. The van der Waals surface area contributed by atoms with Crippen LogP contribution in [0.5, 0.6) is 23.0 Å². The van der Waals surface area contributed by atoms with Gasteiger partial charge in [0.25, 0.3) is 5.56 Å². The third-order valence-electron chi connectivity index (χ3n) is 7.75. The van der Waals surface area contributed by atoms with Gasteiger partial charge in [-0.1, -0.05) is 6.07 Å². The molecule has 0 spiro atoms. The molecule has 3 atom stereocenters. The van der Waals surface area contributed by atoms with E-state index in [1.165, 1.54) is 39.5 Å². The zero-order valence-electron chi connectivity index (χ0n) is 22.6. The first-order chi connectivity index (χ1) is 19.2. The van der Waals surface area contributed by atoms with Crippen molar-refractivity contribution in [3.63, 3.8) is 0 Å². The van der Waals surface area contributed by atoms with Gasteiger partial charge in [-0.15, -0.1) is 0 Å². The number of benzene rings is 1. The highest BCUT2D eigenvalue weighted by Gasteiger charge is 2.35. The molecule has 0 amide bonds. The second-order valence-electron chi connectivity index (χ2n) is 10.3. The zero-order chi connectivity index (χ0) is 28.6. The second kappa shape index (κ2) is 11.1. The maximum absolute atomic E-state index is 12.9. The van der Waals surface area contributed by atoms with Gasteiger partial charge in [0.1, 0.15) is 5.76 Å². The molecule has 2 bridgehead atoms. The molecular formula is C29H32N2O9. The molecule has 0 unspecified atom stereocenters. The van der Waals surface area contributed by atoms with Crippen molar-refractivity contribution >= 4 is 5.97 Å². The van der Waals surface area contributed by atoms with E-state index in [2.05, 4.69) is 4.90 Å². The van der Waals surface area contributed by atoms with Crippen LogP contribution in [-0.4, -0.2) is 60.1 Å². The van der Waals surface area contributed by atoms with Crippen molar-refractivity contribution in [3.8, 4) is 23.0 Å². The normalized spacial score (nSPS) is 19.0. The predicted molar refractivity (Wildman–Crippen MR) is 143 cm³/mol. The SMILES string of the molecule is COC(=O)C[C@@H](c1cc(OC)c(O)c(OC)c1)c1oc(CN2C[C@@H]3C[C@H](C2)c2cccc(=O)n2C3)cc(=O)c1O. The zero-order valence-corrected chi connectivity index (χ0v) is 22.6. The van der Waals surface area contributed by atoms with Gasteiger partial charge in [0.15, 0.2) is 17.3 Å². The van der Waals surface area contributed by atoms with Crippen molar-refractivity contribution in [2.75, 3.05) is 34.4 Å². The number of phenolic OH excluding ortho intramolecular Hbond substituents is 1. The van der Waals surface area contributed by atoms with Crippen molar-refractivity contribution in [2.45, 2.75) is 37.8 Å². The minimum absolute atomic E-state index is 0.00830. The number of piperidine rings is 1. The average molecular weight is 553 g/mol. The lowest BCUT2D eigenvalue weighted by Crippen LogP contribution is -2.46. The summed E-state index contributed by atoms with van der Waals surface area (Å²) in [6.45, 7) is 2.34. The van der Waals surface area contributed by atoms with E-state index in [9.17, 15) is 24.6 Å². The van der Waals surface area contributed by atoms with Crippen LogP contribution in [0.3, 0.4) is 0 Å². The number of aromatic nitrogens is 1. The minimum atomic E-state index is -0.942. The Morgan fingerprint density at radius 3 is 2.42 bits per heavy atom. The lowest BCUT2D eigenvalue weighted by molar-refractivity contribution is -0.140. The number of fused-ring (bicyclic) bond motifs is 4. The van der Waals surface area contributed by atoms with Gasteiger partial charge < -0.3 is 33.4 Å². The molecule has 212 valence electrons. The van der Waals surface area contributed by atoms with Gasteiger partial charge in [-0.3, -0.25) is 19.3 Å². The van der Waals surface area contributed by atoms with Gasteiger partial charge in [-0.25, -0.2) is 0 Å². The third-order valence-corrected chi connectivity index (χ3v) is 7.75. The van der Waals surface area contributed by atoms with Crippen LogP contribution in [0.4, 0.5) is 0 Å². The molecule has 1 saturated heterocycles. The fourth-order valence-electron chi connectivity index (χ4n) is 5.94. The molecule has 2 aliphatic rings. The number of hydrogen-bond acceptors (Lipinski definition) is 10. The van der Waals surface area contributed by atoms with Gasteiger partial charge in [-0.2, -0.15) is 0 Å². The van der Waals surface area contributed by atoms with Crippen LogP contribution in [-0.2, 0) is 22.6 Å². The Bertz CT molecular complexity index is 1520. The van der Waals surface area contributed by atoms with Crippen molar-refractivity contribution in [2.24, 2.45) is 5.92 Å². The van der Waals surface area contributed by atoms with E-state index in [0.717, 1.165) is 18.7 Å². The van der Waals surface area contributed by atoms with Gasteiger partial charge in [-0.05, 0) is 36.1 Å². The molecule has 4 heterocycles. The number of hydrogen-bond donors (Lipinski definition) is 2. The molecule has 0 saturated carbocycles. The molecule has 0 aliphatic carbocycles. The highest BCUT2D eigenvalue weighted by Crippen LogP contribution is 2.43. The highest BCUT2D eigenvalue weighted by molar-refractivity contribution is 5.71. The summed E-state index contributed by atoms with van der Waals surface area (Å²) in [5.41, 5.74) is 0.781. The van der Waals surface area contributed by atoms with Crippen LogP contribution < -0.4 is 20.5 Å². The molecular weight excluding hydrogens is 520 g/mol. The molecule has 5 rings (SSSR count). The van der Waals surface area contributed by atoms with Crippen LogP contribution in [0.1, 0.15) is 47.5 Å². The Balaban J connectivity index is 1.50. The van der Waals surface area contributed by atoms with E-state index >= 15 is 0 Å². The Labute approximate surface area is 230 Å². The molecule has 2 aliphatic heterocycles. The summed E-state index contributed by atoms with van der Waals surface area (Å²) in [4.78, 5) is 39.9. The Morgan fingerprint density at radius 2 is 1.75 bits per heavy atom. The van der Waals surface area contributed by atoms with Crippen LogP contribution in [0.15, 0.2) is 50.4 Å². The van der Waals surface area contributed by atoms with E-state index in [1.807, 2.05) is 10.6 Å². The predicted octanol–water partition coefficient (Wildman–Crippen LogP) is 2.54. The van der Waals surface area contributed by atoms with E-state index in [4.69, 9.17) is 18.6 Å². The van der Waals surface area contributed by atoms with Crippen LogP contribution in [0.2, 0.25) is 0 Å². The molecule has 1 fully saturated rings. The molecule has 3 aromatic rings. The van der Waals surface area contributed by atoms with Crippen molar-refractivity contribution in [3.05, 3.63) is 79.8 Å². The first kappa shape index (κ1) is 27.3. The van der Waals surface area contributed by atoms with E-state index in [-0.39, 0.29) is 46.8 Å². The summed E-state index contributed by atoms with van der Waals surface area (Å²) in [5.74, 6) is -1.54. The van der Waals surface area contributed by atoms with Crippen molar-refractivity contribution in [1.82, 2.24) is 9.47 Å². The van der Waals surface area contributed by atoms with Crippen molar-refractivity contribution < 1.29 is 33.6 Å². The van der Waals surface area contributed by atoms with E-state index in [1.54, 1.807) is 12.1 Å². The van der Waals surface area contributed by atoms with Crippen LogP contribution in [0.25, 0.3) is 0 Å². The molecule has 0 radical (unpaired) electrons. The molecule has 1 aromatic carbocycles. The van der Waals surface area contributed by atoms with Gasteiger partial charge in [0, 0.05) is 43.4 Å². The number of ether oxygens (including phenoxy) is 3. The Kier molecular flexibility index (Phi) is 7.57. The number of pyridine rings is 1. The molecule has 11 heteroatoms. The molecule has 2 aromatic heterocycles. The average Bonchev–Trinajstić information content (AvgIpc) is 2.94.